The van der Waals surface area contributed by atoms with Gasteiger partial charge < -0.3 is 10.1 Å². The highest BCUT2D eigenvalue weighted by molar-refractivity contribution is 7.89. The van der Waals surface area contributed by atoms with Gasteiger partial charge in [0, 0.05) is 24.5 Å². The zero-order chi connectivity index (χ0) is 24.3. The van der Waals surface area contributed by atoms with Crippen molar-refractivity contribution in [3.05, 3.63) is 46.5 Å². The molecule has 0 aliphatic rings. The minimum atomic E-state index is -3.74. The van der Waals surface area contributed by atoms with Crippen molar-refractivity contribution < 1.29 is 22.7 Å². The lowest BCUT2D eigenvalue weighted by molar-refractivity contribution is -0.119. The van der Waals surface area contributed by atoms with E-state index >= 15 is 0 Å². The number of aromatic nitrogens is 4. The van der Waals surface area contributed by atoms with Crippen LogP contribution < -0.4 is 5.32 Å². The van der Waals surface area contributed by atoms with Gasteiger partial charge in [-0.3, -0.25) is 4.79 Å². The van der Waals surface area contributed by atoms with Crippen LogP contribution in [0, 0.1) is 13.8 Å². The number of halogens is 1. The number of fused-ring (bicyclic) bond motifs is 1. The molecule has 0 saturated heterocycles. The molecule has 176 valence electrons. The van der Waals surface area contributed by atoms with Crippen LogP contribution in [0.25, 0.3) is 5.78 Å². The Morgan fingerprint density at radius 1 is 1.15 bits per heavy atom. The molecule has 33 heavy (non-hydrogen) atoms. The van der Waals surface area contributed by atoms with Gasteiger partial charge in [0.05, 0.1) is 15.6 Å². The van der Waals surface area contributed by atoms with Crippen molar-refractivity contribution in [1.82, 2.24) is 23.9 Å². The van der Waals surface area contributed by atoms with Crippen molar-refractivity contribution in [2.45, 2.75) is 32.6 Å². The number of aryl methyl sites for hydroxylation is 2. The van der Waals surface area contributed by atoms with Gasteiger partial charge in [-0.15, -0.1) is 5.10 Å². The molecule has 0 bridgehead atoms. The van der Waals surface area contributed by atoms with Crippen molar-refractivity contribution in [3.63, 3.8) is 0 Å². The number of hydrogen-bond acceptors (Lipinski definition) is 8. The molecule has 3 rings (SSSR count). The number of nitrogens with zero attached hydrogens (tertiary/aromatic N) is 5. The first-order valence-corrected chi connectivity index (χ1v) is 11.9. The Kier molecular flexibility index (Phi) is 7.30. The maximum absolute atomic E-state index is 12.7. The highest BCUT2D eigenvalue weighted by Gasteiger charge is 2.23. The Hall–Kier alpha value is -3.09. The molecule has 13 heteroatoms. The molecular formula is C20H23ClN6O5S. The highest BCUT2D eigenvalue weighted by Crippen LogP contribution is 2.27. The number of anilines is 1. The number of carbonyl (C=O) groups excluding carboxylic acids is 2. The average Bonchev–Trinajstić information content (AvgIpc) is 3.18. The molecule has 11 nitrogen and oxygen atoms in total. The van der Waals surface area contributed by atoms with E-state index in [1.165, 1.54) is 27.0 Å². The van der Waals surface area contributed by atoms with E-state index < -0.39 is 28.5 Å². The second-order valence-corrected chi connectivity index (χ2v) is 9.39. The number of esters is 1. The summed E-state index contributed by atoms with van der Waals surface area (Å²) in [6, 6.07) is 5.77. The molecule has 0 atom stereocenters. The third-order valence-corrected chi connectivity index (χ3v) is 7.07. The van der Waals surface area contributed by atoms with Gasteiger partial charge in [-0.25, -0.2) is 22.7 Å². The molecule has 0 aliphatic heterocycles. The Morgan fingerprint density at radius 3 is 2.52 bits per heavy atom. The van der Waals surface area contributed by atoms with Crippen molar-refractivity contribution in [1.29, 1.82) is 0 Å². The molecule has 2 heterocycles. The fraction of sp³-hybridized carbons (Fsp3) is 0.350. The molecule has 0 fully saturated rings. The summed E-state index contributed by atoms with van der Waals surface area (Å²) >= 11 is 6.11. The lowest BCUT2D eigenvalue weighted by Gasteiger charge is -2.19. The minimum Gasteiger partial charge on any atom is -0.450 e. The maximum Gasteiger partial charge on any atom is 0.378 e. The Balaban J connectivity index is 1.70. The van der Waals surface area contributed by atoms with E-state index in [-0.39, 0.29) is 27.2 Å². The van der Waals surface area contributed by atoms with Gasteiger partial charge in [-0.05, 0) is 38.1 Å². The average molecular weight is 495 g/mol. The summed E-state index contributed by atoms with van der Waals surface area (Å²) < 4.78 is 33.1. The first-order chi connectivity index (χ1) is 15.6. The number of amides is 1. The number of sulfonamides is 1. The summed E-state index contributed by atoms with van der Waals surface area (Å²) in [5, 5.41) is 6.63. The zero-order valence-corrected chi connectivity index (χ0v) is 20.1. The fourth-order valence-corrected chi connectivity index (χ4v) is 4.76. The minimum absolute atomic E-state index is 0.0186. The van der Waals surface area contributed by atoms with Gasteiger partial charge in [0.25, 0.3) is 17.5 Å². The molecule has 0 aliphatic carbocycles. The van der Waals surface area contributed by atoms with Crippen molar-refractivity contribution in [3.8, 4) is 0 Å². The van der Waals surface area contributed by atoms with E-state index in [4.69, 9.17) is 16.3 Å². The van der Waals surface area contributed by atoms with E-state index in [1.54, 1.807) is 33.8 Å². The predicted octanol–water partition coefficient (Wildman–Crippen LogP) is 2.22. The van der Waals surface area contributed by atoms with Crippen LogP contribution in [0.5, 0.6) is 0 Å². The lowest BCUT2D eigenvalue weighted by Crippen LogP contribution is -2.30. The highest BCUT2D eigenvalue weighted by atomic mass is 35.5. The second kappa shape index (κ2) is 9.81. The summed E-state index contributed by atoms with van der Waals surface area (Å²) in [7, 11) is -3.74. The summed E-state index contributed by atoms with van der Waals surface area (Å²) in [5.74, 6) is -1.62. The molecule has 0 saturated carbocycles. The van der Waals surface area contributed by atoms with Crippen LogP contribution in [0.2, 0.25) is 5.02 Å². The number of carbonyl (C=O) groups is 2. The van der Waals surface area contributed by atoms with E-state index in [9.17, 15) is 18.0 Å². The summed E-state index contributed by atoms with van der Waals surface area (Å²) in [5.41, 5.74) is 1.52. The van der Waals surface area contributed by atoms with Gasteiger partial charge in [0.1, 0.15) is 0 Å². The quantitative estimate of drug-likeness (QED) is 0.471. The number of hydrogen-bond donors (Lipinski definition) is 1. The normalized spacial score (nSPS) is 11.7. The van der Waals surface area contributed by atoms with Crippen LogP contribution in [0.15, 0.2) is 29.2 Å². The standard InChI is InChI=1S/C20H23ClN6O5S/c1-5-26(6-2)33(30,31)14-7-8-15(21)16(10-14)23-17(28)11-32-19(29)18-24-20-22-12(3)9-13(4)27(20)25-18/h7-10H,5-6,11H2,1-4H3,(H,23,28). The largest absolute Gasteiger partial charge is 0.450 e. The van der Waals surface area contributed by atoms with Crippen LogP contribution in [-0.4, -0.2) is 63.9 Å². The Morgan fingerprint density at radius 2 is 1.85 bits per heavy atom. The predicted molar refractivity (Wildman–Crippen MR) is 121 cm³/mol. The number of nitrogens with one attached hydrogen (secondary N) is 1. The topological polar surface area (TPSA) is 136 Å². The van der Waals surface area contributed by atoms with Gasteiger partial charge in [0.2, 0.25) is 10.0 Å². The summed E-state index contributed by atoms with van der Waals surface area (Å²) in [6.07, 6.45) is 0. The van der Waals surface area contributed by atoms with Crippen LogP contribution in [0.3, 0.4) is 0 Å². The van der Waals surface area contributed by atoms with Crippen molar-refractivity contribution >= 4 is 45.0 Å². The Bertz CT molecular complexity index is 1320. The first kappa shape index (κ1) is 24.6. The van der Waals surface area contributed by atoms with E-state index in [2.05, 4.69) is 20.4 Å². The monoisotopic (exact) mass is 494 g/mol. The second-order valence-electron chi connectivity index (χ2n) is 7.04. The van der Waals surface area contributed by atoms with E-state index in [1.807, 2.05) is 0 Å². The molecule has 0 radical (unpaired) electrons. The van der Waals surface area contributed by atoms with Gasteiger partial charge in [-0.2, -0.15) is 9.29 Å². The van der Waals surface area contributed by atoms with Crippen molar-refractivity contribution in [2.24, 2.45) is 0 Å². The smallest absolute Gasteiger partial charge is 0.378 e. The third kappa shape index (κ3) is 5.29. The number of rotatable bonds is 8. The third-order valence-electron chi connectivity index (χ3n) is 4.69. The van der Waals surface area contributed by atoms with Gasteiger partial charge >= 0.3 is 5.97 Å². The van der Waals surface area contributed by atoms with Gasteiger partial charge in [-0.1, -0.05) is 25.4 Å². The Labute approximate surface area is 195 Å². The lowest BCUT2D eigenvalue weighted by atomic mass is 10.3. The van der Waals surface area contributed by atoms with Crippen LogP contribution in [0.4, 0.5) is 5.69 Å². The molecular weight excluding hydrogens is 472 g/mol. The molecule has 0 unspecified atom stereocenters. The number of benzene rings is 1. The fourth-order valence-electron chi connectivity index (χ4n) is 3.11. The molecule has 0 spiro atoms. The summed E-state index contributed by atoms with van der Waals surface area (Å²) in [4.78, 5) is 32.8. The molecule has 2 aromatic heterocycles. The molecule has 1 N–H and O–H groups in total. The SMILES string of the molecule is CCN(CC)S(=O)(=O)c1ccc(Cl)c(NC(=O)COC(=O)c2nc3nc(C)cc(C)n3n2)c1. The first-order valence-electron chi connectivity index (χ1n) is 10.0. The molecule has 1 amide bonds. The van der Waals surface area contributed by atoms with Crippen molar-refractivity contribution in [2.75, 3.05) is 25.0 Å². The molecule has 1 aromatic carbocycles. The van der Waals surface area contributed by atoms with E-state index in [0.29, 0.717) is 18.8 Å². The molecule has 3 aromatic rings. The van der Waals surface area contributed by atoms with Crippen LogP contribution >= 0.6 is 11.6 Å². The zero-order valence-electron chi connectivity index (χ0n) is 18.5. The maximum atomic E-state index is 12.7. The van der Waals surface area contributed by atoms with Gasteiger partial charge in [0.15, 0.2) is 6.61 Å². The van der Waals surface area contributed by atoms with Crippen LogP contribution in [-0.2, 0) is 19.6 Å². The van der Waals surface area contributed by atoms with E-state index in [0.717, 1.165) is 5.69 Å². The van der Waals surface area contributed by atoms with Crippen LogP contribution in [0.1, 0.15) is 35.9 Å². The number of ether oxygens (including phenoxy) is 1. The summed E-state index contributed by atoms with van der Waals surface area (Å²) in [6.45, 7) is 6.97.